The number of rotatable bonds is 6. The lowest BCUT2D eigenvalue weighted by Gasteiger charge is -2.11. The Hall–Kier alpha value is -1.35. The molecule has 1 unspecified atom stereocenters. The molecule has 0 aliphatic heterocycles. The highest BCUT2D eigenvalue weighted by Gasteiger charge is 2.08. The number of benzene rings is 1. The molecule has 0 spiro atoms. The fraction of sp³-hybridized carbons (Fsp3) is 0.500. The minimum absolute atomic E-state index is 0.0558. The second kappa shape index (κ2) is 7.07. The summed E-state index contributed by atoms with van der Waals surface area (Å²) in [5.41, 5.74) is 0.914. The summed E-state index contributed by atoms with van der Waals surface area (Å²) in [4.78, 5) is 11.4. The lowest BCUT2D eigenvalue weighted by atomic mass is 10.0. The van der Waals surface area contributed by atoms with Gasteiger partial charge in [-0.1, -0.05) is 30.3 Å². The van der Waals surface area contributed by atoms with Crippen LogP contribution in [0.1, 0.15) is 44.8 Å². The zero-order valence-electron chi connectivity index (χ0n) is 10.5. The van der Waals surface area contributed by atoms with Crippen LogP contribution in [0.25, 0.3) is 0 Å². The summed E-state index contributed by atoms with van der Waals surface area (Å²) in [5.74, 6) is 0.0558. The van der Waals surface area contributed by atoms with E-state index in [-0.39, 0.29) is 11.9 Å². The monoisotopic (exact) mass is 235 g/mol. The van der Waals surface area contributed by atoms with Crippen LogP contribution in [0.3, 0.4) is 0 Å². The zero-order chi connectivity index (χ0) is 12.7. The molecule has 0 aliphatic rings. The number of carbonyl (C=O) groups excluding carboxylic acids is 1. The van der Waals surface area contributed by atoms with Crippen LogP contribution >= 0.6 is 0 Å². The first-order valence-corrected chi connectivity index (χ1v) is 6.12. The third kappa shape index (κ3) is 5.50. The molecule has 2 N–H and O–H groups in total. The van der Waals surface area contributed by atoms with E-state index in [1.807, 2.05) is 44.2 Å². The van der Waals surface area contributed by atoms with Gasteiger partial charge in [-0.15, -0.1) is 0 Å². The normalized spacial score (nSPS) is 12.5. The maximum Gasteiger partial charge on any atom is 0.220 e. The molecule has 0 fully saturated rings. The van der Waals surface area contributed by atoms with Crippen molar-refractivity contribution in [2.45, 2.75) is 45.3 Å². The highest BCUT2D eigenvalue weighted by atomic mass is 16.3. The summed E-state index contributed by atoms with van der Waals surface area (Å²) in [6.07, 6.45) is 1.33. The molecule has 3 nitrogen and oxygen atoms in total. The van der Waals surface area contributed by atoms with Crippen molar-refractivity contribution in [3.8, 4) is 0 Å². The summed E-state index contributed by atoms with van der Waals surface area (Å²) in [5, 5.41) is 12.7. The molecule has 0 bridgehead atoms. The lowest BCUT2D eigenvalue weighted by Crippen LogP contribution is -2.29. The zero-order valence-corrected chi connectivity index (χ0v) is 10.5. The Kier molecular flexibility index (Phi) is 5.70. The summed E-state index contributed by atoms with van der Waals surface area (Å²) in [7, 11) is 0. The minimum atomic E-state index is -0.469. The minimum Gasteiger partial charge on any atom is -0.388 e. The molecule has 1 amide bonds. The van der Waals surface area contributed by atoms with Gasteiger partial charge in [0.05, 0.1) is 6.10 Å². The third-order valence-electron chi connectivity index (χ3n) is 2.52. The van der Waals surface area contributed by atoms with Gasteiger partial charge in [-0.3, -0.25) is 4.79 Å². The van der Waals surface area contributed by atoms with E-state index in [4.69, 9.17) is 0 Å². The van der Waals surface area contributed by atoms with E-state index >= 15 is 0 Å². The molecule has 0 saturated heterocycles. The van der Waals surface area contributed by atoms with Gasteiger partial charge in [-0.2, -0.15) is 0 Å². The van der Waals surface area contributed by atoms with Gasteiger partial charge in [-0.05, 0) is 32.3 Å². The second-order valence-electron chi connectivity index (χ2n) is 4.54. The van der Waals surface area contributed by atoms with Crippen molar-refractivity contribution in [1.29, 1.82) is 0 Å². The molecular weight excluding hydrogens is 214 g/mol. The van der Waals surface area contributed by atoms with Crippen molar-refractivity contribution >= 4 is 5.91 Å². The molecule has 0 aromatic heterocycles. The standard InChI is InChI=1S/C14H21NO2/c1-11(2)15-14(17)10-6-9-13(16)12-7-4-3-5-8-12/h3-5,7-8,11,13,16H,6,9-10H2,1-2H3,(H,15,17). The molecule has 17 heavy (non-hydrogen) atoms. The van der Waals surface area contributed by atoms with Crippen LogP contribution in [0.4, 0.5) is 0 Å². The first-order valence-electron chi connectivity index (χ1n) is 6.12. The highest BCUT2D eigenvalue weighted by Crippen LogP contribution is 2.18. The van der Waals surface area contributed by atoms with E-state index in [0.29, 0.717) is 19.3 Å². The Labute approximate surface area is 103 Å². The summed E-state index contributed by atoms with van der Waals surface area (Å²) >= 11 is 0. The van der Waals surface area contributed by atoms with E-state index < -0.39 is 6.10 Å². The van der Waals surface area contributed by atoms with Crippen molar-refractivity contribution in [3.05, 3.63) is 35.9 Å². The Bertz CT molecular complexity index is 335. The third-order valence-corrected chi connectivity index (χ3v) is 2.52. The number of hydrogen-bond donors (Lipinski definition) is 2. The van der Waals surface area contributed by atoms with Gasteiger partial charge in [0.25, 0.3) is 0 Å². The largest absolute Gasteiger partial charge is 0.388 e. The van der Waals surface area contributed by atoms with Crippen LogP contribution in [0.2, 0.25) is 0 Å². The van der Waals surface area contributed by atoms with Crippen LogP contribution in [0, 0.1) is 0 Å². The maximum atomic E-state index is 11.4. The van der Waals surface area contributed by atoms with Crippen LogP contribution < -0.4 is 5.32 Å². The number of carbonyl (C=O) groups is 1. The van der Waals surface area contributed by atoms with Gasteiger partial charge < -0.3 is 10.4 Å². The average molecular weight is 235 g/mol. The van der Waals surface area contributed by atoms with Crippen molar-refractivity contribution in [3.63, 3.8) is 0 Å². The number of nitrogens with one attached hydrogen (secondary N) is 1. The number of hydrogen-bond acceptors (Lipinski definition) is 2. The molecule has 1 atom stereocenters. The SMILES string of the molecule is CC(C)NC(=O)CCCC(O)c1ccccc1. The molecule has 1 rings (SSSR count). The molecule has 0 saturated carbocycles. The topological polar surface area (TPSA) is 49.3 Å². The number of aliphatic hydroxyl groups excluding tert-OH is 1. The molecular formula is C14H21NO2. The highest BCUT2D eigenvalue weighted by molar-refractivity contribution is 5.76. The fourth-order valence-electron chi connectivity index (χ4n) is 1.69. The van der Waals surface area contributed by atoms with Crippen molar-refractivity contribution in [1.82, 2.24) is 5.32 Å². The molecule has 0 radical (unpaired) electrons. The predicted molar refractivity (Wildman–Crippen MR) is 68.5 cm³/mol. The average Bonchev–Trinajstić information content (AvgIpc) is 2.29. The molecule has 0 aliphatic carbocycles. The fourth-order valence-corrected chi connectivity index (χ4v) is 1.69. The van der Waals surface area contributed by atoms with Crippen molar-refractivity contribution in [2.75, 3.05) is 0 Å². The second-order valence-corrected chi connectivity index (χ2v) is 4.54. The van der Waals surface area contributed by atoms with E-state index in [1.165, 1.54) is 0 Å². The molecule has 1 aromatic carbocycles. The Balaban J connectivity index is 2.25. The van der Waals surface area contributed by atoms with E-state index in [0.717, 1.165) is 5.56 Å². The first kappa shape index (κ1) is 13.7. The van der Waals surface area contributed by atoms with Gasteiger partial charge in [0, 0.05) is 12.5 Å². The van der Waals surface area contributed by atoms with Gasteiger partial charge in [-0.25, -0.2) is 0 Å². The van der Waals surface area contributed by atoms with Crippen molar-refractivity contribution < 1.29 is 9.90 Å². The predicted octanol–water partition coefficient (Wildman–Crippen LogP) is 2.41. The van der Waals surface area contributed by atoms with Gasteiger partial charge in [0.2, 0.25) is 5.91 Å². The Morgan fingerprint density at radius 3 is 2.53 bits per heavy atom. The first-order chi connectivity index (χ1) is 8.09. The van der Waals surface area contributed by atoms with Gasteiger partial charge >= 0.3 is 0 Å². The van der Waals surface area contributed by atoms with Gasteiger partial charge in [0.15, 0.2) is 0 Å². The molecule has 94 valence electrons. The summed E-state index contributed by atoms with van der Waals surface area (Å²) in [6, 6.07) is 9.72. The molecule has 0 heterocycles. The molecule has 1 aromatic rings. The van der Waals surface area contributed by atoms with Crippen LogP contribution in [-0.2, 0) is 4.79 Å². The van der Waals surface area contributed by atoms with Crippen LogP contribution in [0.5, 0.6) is 0 Å². The summed E-state index contributed by atoms with van der Waals surface area (Å²) in [6.45, 7) is 3.88. The van der Waals surface area contributed by atoms with E-state index in [1.54, 1.807) is 0 Å². The summed E-state index contributed by atoms with van der Waals surface area (Å²) < 4.78 is 0. The number of aliphatic hydroxyl groups is 1. The number of amides is 1. The molecule has 3 heteroatoms. The van der Waals surface area contributed by atoms with Gasteiger partial charge in [0.1, 0.15) is 0 Å². The Morgan fingerprint density at radius 1 is 1.29 bits per heavy atom. The van der Waals surface area contributed by atoms with Crippen LogP contribution in [-0.4, -0.2) is 17.1 Å². The van der Waals surface area contributed by atoms with E-state index in [9.17, 15) is 9.90 Å². The van der Waals surface area contributed by atoms with Crippen LogP contribution in [0.15, 0.2) is 30.3 Å². The quantitative estimate of drug-likeness (QED) is 0.795. The smallest absolute Gasteiger partial charge is 0.220 e. The lowest BCUT2D eigenvalue weighted by molar-refractivity contribution is -0.121. The Morgan fingerprint density at radius 2 is 1.94 bits per heavy atom. The van der Waals surface area contributed by atoms with E-state index in [2.05, 4.69) is 5.32 Å². The van der Waals surface area contributed by atoms with Crippen molar-refractivity contribution in [2.24, 2.45) is 0 Å². The maximum absolute atomic E-state index is 11.4.